The Morgan fingerprint density at radius 3 is 2.90 bits per heavy atom. The molecule has 0 aliphatic carbocycles. The Balaban J connectivity index is 1.99. The lowest BCUT2D eigenvalue weighted by molar-refractivity contribution is 0.0525. The molecular weight excluding hydrogens is 290 g/mol. The molecule has 0 aliphatic heterocycles. The highest BCUT2D eigenvalue weighted by molar-refractivity contribution is 7.07. The first-order valence-electron chi connectivity index (χ1n) is 5.67. The number of nitrogens with zero attached hydrogens (tertiary/aromatic N) is 2. The van der Waals surface area contributed by atoms with Crippen LogP contribution in [0.1, 0.15) is 22.6 Å². The first kappa shape index (κ1) is 14.3. The Bertz CT molecular complexity index is 618. The zero-order chi connectivity index (χ0) is 14.5. The normalized spacial score (nSPS) is 10.3. The fraction of sp³-hybridized carbons (Fsp3) is 0.250. The van der Waals surface area contributed by atoms with Crippen molar-refractivity contribution in [1.29, 1.82) is 0 Å². The number of rotatable bonds is 5. The van der Waals surface area contributed by atoms with E-state index >= 15 is 0 Å². The third-order valence-corrected chi connectivity index (χ3v) is 2.90. The van der Waals surface area contributed by atoms with Crippen LogP contribution in [-0.2, 0) is 11.3 Å². The summed E-state index contributed by atoms with van der Waals surface area (Å²) in [6.45, 7) is 1.80. The monoisotopic (exact) mass is 300 g/mol. The van der Waals surface area contributed by atoms with Crippen molar-refractivity contribution in [2.24, 2.45) is 0 Å². The molecule has 2 aromatic rings. The second-order valence-corrected chi connectivity index (χ2v) is 4.35. The first-order chi connectivity index (χ1) is 9.60. The van der Waals surface area contributed by atoms with Gasteiger partial charge < -0.3 is 9.47 Å². The van der Waals surface area contributed by atoms with Crippen LogP contribution in [0, 0.1) is 11.6 Å². The molecule has 0 aliphatic rings. The van der Waals surface area contributed by atoms with Gasteiger partial charge in [0.25, 0.3) is 0 Å². The smallest absolute Gasteiger partial charge is 0.369 e. The molecular formula is C12H10F2N2O3S. The number of aromatic nitrogens is 2. The lowest BCUT2D eigenvalue weighted by atomic mass is 10.3. The van der Waals surface area contributed by atoms with Crippen molar-refractivity contribution >= 4 is 17.5 Å². The highest BCUT2D eigenvalue weighted by Gasteiger charge is 2.14. The van der Waals surface area contributed by atoms with E-state index in [1.54, 1.807) is 6.92 Å². The van der Waals surface area contributed by atoms with Crippen LogP contribution in [0.4, 0.5) is 8.78 Å². The molecule has 2 rings (SSSR count). The highest BCUT2D eigenvalue weighted by atomic mass is 32.1. The average molecular weight is 300 g/mol. The summed E-state index contributed by atoms with van der Waals surface area (Å²) in [5.74, 6) is -1.96. The van der Waals surface area contributed by atoms with Crippen LogP contribution in [0.2, 0.25) is 0 Å². The molecule has 0 bridgehead atoms. The van der Waals surface area contributed by atoms with Crippen LogP contribution in [0.5, 0.6) is 5.75 Å². The van der Waals surface area contributed by atoms with Gasteiger partial charge in [-0.1, -0.05) is 0 Å². The second kappa shape index (κ2) is 6.38. The maximum absolute atomic E-state index is 13.3. The SMILES string of the molecule is CCOC(=O)c1nc(COc2ccc(F)cc2F)ns1. The van der Waals surface area contributed by atoms with Crippen LogP contribution in [0.25, 0.3) is 0 Å². The van der Waals surface area contributed by atoms with E-state index in [-0.39, 0.29) is 29.8 Å². The molecule has 8 heteroatoms. The molecule has 0 saturated carbocycles. The summed E-state index contributed by atoms with van der Waals surface area (Å²) in [4.78, 5) is 15.3. The molecule has 0 spiro atoms. The summed E-state index contributed by atoms with van der Waals surface area (Å²) in [5, 5.41) is 0.102. The number of hydrogen-bond acceptors (Lipinski definition) is 6. The summed E-state index contributed by atoms with van der Waals surface area (Å²) < 4.78 is 39.8. The average Bonchev–Trinajstić information content (AvgIpc) is 2.87. The van der Waals surface area contributed by atoms with E-state index in [0.717, 1.165) is 17.6 Å². The van der Waals surface area contributed by atoms with E-state index in [4.69, 9.17) is 9.47 Å². The molecule has 5 nitrogen and oxygen atoms in total. The van der Waals surface area contributed by atoms with E-state index in [9.17, 15) is 13.6 Å². The summed E-state index contributed by atoms with van der Waals surface area (Å²) in [6.07, 6.45) is 0. The Morgan fingerprint density at radius 2 is 2.20 bits per heavy atom. The zero-order valence-electron chi connectivity index (χ0n) is 10.4. The lowest BCUT2D eigenvalue weighted by Gasteiger charge is -2.04. The Labute approximate surface area is 117 Å². The quantitative estimate of drug-likeness (QED) is 0.794. The van der Waals surface area contributed by atoms with Crippen molar-refractivity contribution in [3.8, 4) is 5.75 Å². The minimum atomic E-state index is -0.814. The Kier molecular flexibility index (Phi) is 4.57. The predicted octanol–water partition coefficient (Wildman–Crippen LogP) is 2.57. The van der Waals surface area contributed by atoms with Crippen LogP contribution in [0.15, 0.2) is 18.2 Å². The number of hydrogen-bond donors (Lipinski definition) is 0. The Hall–Kier alpha value is -2.09. The topological polar surface area (TPSA) is 61.3 Å². The molecule has 1 aromatic carbocycles. The summed E-state index contributed by atoms with van der Waals surface area (Å²) in [6, 6.07) is 2.97. The molecule has 0 saturated heterocycles. The standard InChI is InChI=1S/C12H10F2N2O3S/c1-2-18-12(17)11-15-10(16-20-11)6-19-9-4-3-7(13)5-8(9)14/h3-5H,2,6H2,1H3. The molecule has 0 amide bonds. The molecule has 0 atom stereocenters. The second-order valence-electron chi connectivity index (χ2n) is 3.60. The van der Waals surface area contributed by atoms with E-state index in [1.165, 1.54) is 6.07 Å². The fourth-order valence-corrected chi connectivity index (χ4v) is 1.89. The van der Waals surface area contributed by atoms with Crippen molar-refractivity contribution in [3.05, 3.63) is 40.7 Å². The number of benzene rings is 1. The zero-order valence-corrected chi connectivity index (χ0v) is 11.2. The van der Waals surface area contributed by atoms with Crippen LogP contribution in [0.3, 0.4) is 0 Å². The van der Waals surface area contributed by atoms with Crippen molar-refractivity contribution in [2.45, 2.75) is 13.5 Å². The summed E-state index contributed by atoms with van der Waals surface area (Å²) in [7, 11) is 0. The van der Waals surface area contributed by atoms with Gasteiger partial charge >= 0.3 is 5.97 Å². The molecule has 1 aromatic heterocycles. The van der Waals surface area contributed by atoms with Crippen LogP contribution < -0.4 is 4.74 Å². The van der Waals surface area contributed by atoms with E-state index in [0.29, 0.717) is 6.07 Å². The van der Waals surface area contributed by atoms with Gasteiger partial charge in [0.1, 0.15) is 12.4 Å². The molecule has 0 N–H and O–H groups in total. The molecule has 20 heavy (non-hydrogen) atoms. The van der Waals surface area contributed by atoms with Gasteiger partial charge in [0, 0.05) is 6.07 Å². The third kappa shape index (κ3) is 3.47. The number of carbonyl (C=O) groups excluding carboxylic acids is 1. The third-order valence-electron chi connectivity index (χ3n) is 2.17. The largest absolute Gasteiger partial charge is 0.482 e. The van der Waals surface area contributed by atoms with E-state index in [2.05, 4.69) is 9.36 Å². The molecule has 0 fully saturated rings. The van der Waals surface area contributed by atoms with Gasteiger partial charge in [-0.2, -0.15) is 4.37 Å². The van der Waals surface area contributed by atoms with Crippen molar-refractivity contribution < 1.29 is 23.0 Å². The first-order valence-corrected chi connectivity index (χ1v) is 6.45. The molecule has 1 heterocycles. The van der Waals surface area contributed by atoms with Gasteiger partial charge in [0.15, 0.2) is 17.4 Å². The minimum Gasteiger partial charge on any atom is -0.482 e. The van der Waals surface area contributed by atoms with Gasteiger partial charge in [-0.3, -0.25) is 0 Å². The van der Waals surface area contributed by atoms with Gasteiger partial charge in [-0.15, -0.1) is 0 Å². The van der Waals surface area contributed by atoms with Gasteiger partial charge in [0.05, 0.1) is 6.61 Å². The molecule has 106 valence electrons. The lowest BCUT2D eigenvalue weighted by Crippen LogP contribution is -2.05. The molecule has 0 radical (unpaired) electrons. The number of ether oxygens (including phenoxy) is 2. The van der Waals surface area contributed by atoms with E-state index < -0.39 is 17.6 Å². The maximum Gasteiger partial charge on any atom is 0.369 e. The van der Waals surface area contributed by atoms with Gasteiger partial charge in [0.2, 0.25) is 5.01 Å². The summed E-state index contributed by atoms with van der Waals surface area (Å²) in [5.41, 5.74) is 0. The minimum absolute atomic E-state index is 0.102. The fourth-order valence-electron chi connectivity index (χ4n) is 1.32. The van der Waals surface area contributed by atoms with Crippen LogP contribution in [-0.4, -0.2) is 21.9 Å². The number of esters is 1. The predicted molar refractivity (Wildman–Crippen MR) is 66.6 cm³/mol. The van der Waals surface area contributed by atoms with Gasteiger partial charge in [-0.25, -0.2) is 18.6 Å². The molecule has 0 unspecified atom stereocenters. The number of carbonyl (C=O) groups is 1. The summed E-state index contributed by atoms with van der Waals surface area (Å²) >= 11 is 0.870. The van der Waals surface area contributed by atoms with Crippen molar-refractivity contribution in [2.75, 3.05) is 6.61 Å². The maximum atomic E-state index is 13.3. The van der Waals surface area contributed by atoms with Crippen LogP contribution >= 0.6 is 11.5 Å². The Morgan fingerprint density at radius 1 is 1.40 bits per heavy atom. The number of halogens is 2. The van der Waals surface area contributed by atoms with Gasteiger partial charge in [-0.05, 0) is 30.6 Å². The van der Waals surface area contributed by atoms with Crippen molar-refractivity contribution in [1.82, 2.24) is 9.36 Å². The van der Waals surface area contributed by atoms with E-state index in [1.807, 2.05) is 0 Å². The highest BCUT2D eigenvalue weighted by Crippen LogP contribution is 2.19. The van der Waals surface area contributed by atoms with Crippen molar-refractivity contribution in [3.63, 3.8) is 0 Å².